The Kier molecular flexibility index (Phi) is 4.05. The predicted molar refractivity (Wildman–Crippen MR) is 91.1 cm³/mol. The summed E-state index contributed by atoms with van der Waals surface area (Å²) in [6.07, 6.45) is 0. The van der Waals surface area contributed by atoms with Crippen LogP contribution in [0, 0.1) is 6.92 Å². The van der Waals surface area contributed by atoms with E-state index in [9.17, 15) is 4.79 Å². The molecule has 0 bridgehead atoms. The highest BCUT2D eigenvalue weighted by Gasteiger charge is 2.11. The SMILES string of the molecule is Cc1ccccc1-c1nc(NNc2ccccc2)nc(=O)n1C. The minimum Gasteiger partial charge on any atom is -0.298 e. The van der Waals surface area contributed by atoms with Crippen molar-refractivity contribution in [3.8, 4) is 11.4 Å². The summed E-state index contributed by atoms with van der Waals surface area (Å²) >= 11 is 0. The molecule has 0 unspecified atom stereocenters. The normalized spacial score (nSPS) is 10.3. The number of para-hydroxylation sites is 1. The van der Waals surface area contributed by atoms with Gasteiger partial charge in [-0.05, 0) is 24.6 Å². The van der Waals surface area contributed by atoms with Crippen molar-refractivity contribution in [2.45, 2.75) is 6.92 Å². The van der Waals surface area contributed by atoms with Crippen LogP contribution in [-0.2, 0) is 7.05 Å². The van der Waals surface area contributed by atoms with Crippen molar-refractivity contribution in [2.75, 3.05) is 10.9 Å². The highest BCUT2D eigenvalue weighted by atomic mass is 16.1. The van der Waals surface area contributed by atoms with Crippen LogP contribution >= 0.6 is 0 Å². The van der Waals surface area contributed by atoms with E-state index in [0.717, 1.165) is 16.8 Å². The maximum Gasteiger partial charge on any atom is 0.352 e. The van der Waals surface area contributed by atoms with Gasteiger partial charge in [0.15, 0.2) is 0 Å². The van der Waals surface area contributed by atoms with Gasteiger partial charge in [0.25, 0.3) is 0 Å². The van der Waals surface area contributed by atoms with Crippen molar-refractivity contribution in [3.05, 3.63) is 70.6 Å². The van der Waals surface area contributed by atoms with Crippen molar-refractivity contribution in [1.82, 2.24) is 14.5 Å². The molecule has 1 heterocycles. The van der Waals surface area contributed by atoms with Gasteiger partial charge >= 0.3 is 5.69 Å². The lowest BCUT2D eigenvalue weighted by Gasteiger charge is -2.12. The summed E-state index contributed by atoms with van der Waals surface area (Å²) in [5.41, 5.74) is 8.29. The summed E-state index contributed by atoms with van der Waals surface area (Å²) in [7, 11) is 1.67. The van der Waals surface area contributed by atoms with Crippen molar-refractivity contribution in [3.63, 3.8) is 0 Å². The van der Waals surface area contributed by atoms with Gasteiger partial charge in [-0.3, -0.25) is 15.4 Å². The Morgan fingerprint density at radius 3 is 2.35 bits per heavy atom. The first-order valence-corrected chi connectivity index (χ1v) is 7.23. The molecule has 0 aliphatic carbocycles. The third-order valence-electron chi connectivity index (χ3n) is 3.50. The number of hydrogen-bond donors (Lipinski definition) is 2. The zero-order valence-corrected chi connectivity index (χ0v) is 12.9. The molecule has 3 aromatic rings. The monoisotopic (exact) mass is 307 g/mol. The molecule has 0 amide bonds. The second kappa shape index (κ2) is 6.31. The summed E-state index contributed by atoms with van der Waals surface area (Å²) in [5.74, 6) is 0.802. The van der Waals surface area contributed by atoms with E-state index in [1.165, 1.54) is 4.57 Å². The van der Waals surface area contributed by atoms with E-state index >= 15 is 0 Å². The van der Waals surface area contributed by atoms with Crippen LogP contribution in [0.5, 0.6) is 0 Å². The number of hydrazine groups is 1. The second-order valence-electron chi connectivity index (χ2n) is 5.14. The smallest absolute Gasteiger partial charge is 0.298 e. The van der Waals surface area contributed by atoms with Crippen molar-refractivity contribution in [2.24, 2.45) is 7.05 Å². The lowest BCUT2D eigenvalue weighted by Crippen LogP contribution is -2.26. The molecule has 0 fully saturated rings. The Bertz CT molecular complexity index is 874. The van der Waals surface area contributed by atoms with Gasteiger partial charge in [-0.2, -0.15) is 9.97 Å². The lowest BCUT2D eigenvalue weighted by molar-refractivity contribution is 0.785. The average Bonchev–Trinajstić information content (AvgIpc) is 2.57. The molecule has 6 heteroatoms. The fourth-order valence-corrected chi connectivity index (χ4v) is 2.23. The number of nitrogens with zero attached hydrogens (tertiary/aromatic N) is 3. The minimum absolute atomic E-state index is 0.232. The van der Waals surface area contributed by atoms with Gasteiger partial charge in [-0.15, -0.1) is 0 Å². The molecule has 0 atom stereocenters. The van der Waals surface area contributed by atoms with Gasteiger partial charge in [0, 0.05) is 12.6 Å². The van der Waals surface area contributed by atoms with Crippen LogP contribution in [0.1, 0.15) is 5.56 Å². The molecule has 1 aromatic heterocycles. The zero-order valence-electron chi connectivity index (χ0n) is 12.9. The molecular formula is C17H17N5O. The Morgan fingerprint density at radius 1 is 0.913 bits per heavy atom. The van der Waals surface area contributed by atoms with E-state index in [2.05, 4.69) is 20.8 Å². The van der Waals surface area contributed by atoms with Crippen LogP contribution in [-0.4, -0.2) is 14.5 Å². The van der Waals surface area contributed by atoms with E-state index in [4.69, 9.17) is 0 Å². The quantitative estimate of drug-likeness (QED) is 0.725. The number of nitrogens with one attached hydrogen (secondary N) is 2. The van der Waals surface area contributed by atoms with Crippen LogP contribution in [0.25, 0.3) is 11.4 Å². The Labute approximate surface area is 133 Å². The maximum atomic E-state index is 12.1. The van der Waals surface area contributed by atoms with Crippen LogP contribution in [0.2, 0.25) is 0 Å². The van der Waals surface area contributed by atoms with Gasteiger partial charge in [0.05, 0.1) is 5.69 Å². The Balaban J connectivity index is 1.94. The van der Waals surface area contributed by atoms with Crippen molar-refractivity contribution >= 4 is 11.6 Å². The molecule has 23 heavy (non-hydrogen) atoms. The zero-order chi connectivity index (χ0) is 16.2. The van der Waals surface area contributed by atoms with Gasteiger partial charge in [0.1, 0.15) is 5.82 Å². The molecule has 0 spiro atoms. The molecule has 116 valence electrons. The van der Waals surface area contributed by atoms with Gasteiger partial charge < -0.3 is 0 Å². The van der Waals surface area contributed by atoms with E-state index in [0.29, 0.717) is 5.82 Å². The number of anilines is 2. The van der Waals surface area contributed by atoms with Crippen molar-refractivity contribution < 1.29 is 0 Å². The molecule has 0 radical (unpaired) electrons. The van der Waals surface area contributed by atoms with Crippen LogP contribution < -0.4 is 16.5 Å². The third-order valence-corrected chi connectivity index (χ3v) is 3.50. The molecule has 0 saturated heterocycles. The first-order chi connectivity index (χ1) is 11.1. The van der Waals surface area contributed by atoms with Crippen molar-refractivity contribution in [1.29, 1.82) is 0 Å². The fourth-order valence-electron chi connectivity index (χ4n) is 2.23. The standard InChI is InChI=1S/C17H17N5O/c1-12-8-6-7-11-14(12)15-18-16(19-17(23)22(15)2)21-20-13-9-4-3-5-10-13/h3-11,20H,1-2H3,(H,19,21,23). The van der Waals surface area contributed by atoms with Crippen LogP contribution in [0.4, 0.5) is 11.6 Å². The first-order valence-electron chi connectivity index (χ1n) is 7.23. The summed E-state index contributed by atoms with van der Waals surface area (Å²) < 4.78 is 1.44. The van der Waals surface area contributed by atoms with Crippen LogP contribution in [0.3, 0.4) is 0 Å². The number of hydrogen-bond acceptors (Lipinski definition) is 5. The predicted octanol–water partition coefficient (Wildman–Crippen LogP) is 2.59. The molecule has 2 N–H and O–H groups in total. The Hall–Kier alpha value is -3.15. The second-order valence-corrected chi connectivity index (χ2v) is 5.14. The number of benzene rings is 2. The molecule has 6 nitrogen and oxygen atoms in total. The summed E-state index contributed by atoms with van der Waals surface area (Å²) in [5, 5.41) is 0. The molecule has 0 aliphatic rings. The van der Waals surface area contributed by atoms with E-state index in [-0.39, 0.29) is 11.6 Å². The largest absolute Gasteiger partial charge is 0.352 e. The topological polar surface area (TPSA) is 71.8 Å². The number of aryl methyl sites for hydroxylation is 1. The Morgan fingerprint density at radius 2 is 1.61 bits per heavy atom. The molecular weight excluding hydrogens is 290 g/mol. The first kappa shape index (κ1) is 14.8. The highest BCUT2D eigenvalue weighted by molar-refractivity contribution is 5.61. The van der Waals surface area contributed by atoms with Gasteiger partial charge in [-0.25, -0.2) is 4.79 Å². The molecule has 2 aromatic carbocycles. The van der Waals surface area contributed by atoms with E-state index in [1.807, 2.05) is 61.5 Å². The highest BCUT2D eigenvalue weighted by Crippen LogP contribution is 2.20. The maximum absolute atomic E-state index is 12.1. The summed E-state index contributed by atoms with van der Waals surface area (Å²) in [6, 6.07) is 17.3. The van der Waals surface area contributed by atoms with Gasteiger partial charge in [0.2, 0.25) is 5.95 Å². The fraction of sp³-hybridized carbons (Fsp3) is 0.118. The molecule has 0 saturated carbocycles. The average molecular weight is 307 g/mol. The third kappa shape index (κ3) is 3.21. The lowest BCUT2D eigenvalue weighted by atomic mass is 10.1. The van der Waals surface area contributed by atoms with E-state index in [1.54, 1.807) is 7.05 Å². The molecule has 0 aliphatic heterocycles. The number of rotatable bonds is 4. The summed E-state index contributed by atoms with van der Waals surface area (Å²) in [4.78, 5) is 20.5. The molecule has 3 rings (SSSR count). The minimum atomic E-state index is -0.365. The number of aromatic nitrogens is 3. The van der Waals surface area contributed by atoms with Crippen LogP contribution in [0.15, 0.2) is 59.4 Å². The summed E-state index contributed by atoms with van der Waals surface area (Å²) in [6.45, 7) is 1.98. The van der Waals surface area contributed by atoms with E-state index < -0.39 is 0 Å². The van der Waals surface area contributed by atoms with Gasteiger partial charge in [-0.1, -0.05) is 42.5 Å².